The minimum Gasteiger partial charge on any atom is -0.477 e. The van der Waals surface area contributed by atoms with Crippen LogP contribution in [0, 0.1) is 10.8 Å². The molecule has 1 spiro atoms. The summed E-state index contributed by atoms with van der Waals surface area (Å²) in [4.78, 5) is 14.9. The summed E-state index contributed by atoms with van der Waals surface area (Å²) in [5.41, 5.74) is 6.29. The van der Waals surface area contributed by atoms with Gasteiger partial charge in [0.2, 0.25) is 0 Å². The maximum atomic E-state index is 14.9. The first-order chi connectivity index (χ1) is 18.7. The van der Waals surface area contributed by atoms with Crippen molar-refractivity contribution in [1.29, 1.82) is 0 Å². The SMILES string of the molecule is O=C1C2(CC2)C(c2ccccc2)=C(c2ccccc2)C23CCC12OC(c1ccccc1)=C3c1ccccc1. The monoisotopic (exact) mass is 492 g/mol. The Bertz CT molecular complexity index is 1630. The summed E-state index contributed by atoms with van der Waals surface area (Å²) in [6, 6.07) is 42.4. The second-order valence-corrected chi connectivity index (χ2v) is 11.2. The van der Waals surface area contributed by atoms with Crippen molar-refractivity contribution in [2.24, 2.45) is 10.8 Å². The first kappa shape index (κ1) is 21.9. The van der Waals surface area contributed by atoms with Crippen molar-refractivity contribution in [2.45, 2.75) is 31.3 Å². The summed E-state index contributed by atoms with van der Waals surface area (Å²) in [5.74, 6) is 1.15. The van der Waals surface area contributed by atoms with Crippen LogP contribution in [0.2, 0.25) is 0 Å². The number of carbonyl (C=O) groups excluding carboxylic acids is 1. The van der Waals surface area contributed by atoms with Gasteiger partial charge in [-0.1, -0.05) is 121 Å². The Kier molecular flexibility index (Phi) is 4.42. The molecule has 4 aromatic carbocycles. The Hall–Kier alpha value is -4.17. The predicted molar refractivity (Wildman–Crippen MR) is 152 cm³/mol. The molecule has 8 rings (SSSR count). The Morgan fingerprint density at radius 2 is 0.921 bits per heavy atom. The fourth-order valence-corrected chi connectivity index (χ4v) is 7.64. The molecule has 184 valence electrons. The van der Waals surface area contributed by atoms with Gasteiger partial charge in [0, 0.05) is 11.1 Å². The van der Waals surface area contributed by atoms with Crippen molar-refractivity contribution < 1.29 is 9.53 Å². The molecule has 2 nitrogen and oxygen atoms in total. The lowest BCUT2D eigenvalue weighted by molar-refractivity contribution is -0.160. The summed E-state index contributed by atoms with van der Waals surface area (Å²) in [5, 5.41) is 0. The average Bonchev–Trinajstić information content (AvgIpc) is 3.74. The molecule has 3 aliphatic carbocycles. The van der Waals surface area contributed by atoms with E-state index in [1.54, 1.807) is 0 Å². The summed E-state index contributed by atoms with van der Waals surface area (Å²) in [7, 11) is 0. The van der Waals surface area contributed by atoms with Crippen LogP contribution >= 0.6 is 0 Å². The van der Waals surface area contributed by atoms with Gasteiger partial charge in [-0.3, -0.25) is 4.79 Å². The first-order valence-corrected chi connectivity index (χ1v) is 13.7. The van der Waals surface area contributed by atoms with Crippen molar-refractivity contribution >= 4 is 28.3 Å². The van der Waals surface area contributed by atoms with Gasteiger partial charge >= 0.3 is 0 Å². The molecule has 4 aliphatic rings. The lowest BCUT2D eigenvalue weighted by atomic mass is 9.42. The van der Waals surface area contributed by atoms with Crippen molar-refractivity contribution in [3.8, 4) is 0 Å². The highest BCUT2D eigenvalue weighted by molar-refractivity contribution is 6.23. The summed E-state index contributed by atoms with van der Waals surface area (Å²) >= 11 is 0. The fourth-order valence-electron chi connectivity index (χ4n) is 7.64. The van der Waals surface area contributed by atoms with E-state index in [4.69, 9.17) is 4.74 Å². The van der Waals surface area contributed by atoms with Gasteiger partial charge in [-0.25, -0.2) is 0 Å². The van der Waals surface area contributed by atoms with Crippen LogP contribution in [0.3, 0.4) is 0 Å². The highest BCUT2D eigenvalue weighted by Crippen LogP contribution is 2.80. The Morgan fingerprint density at radius 3 is 1.37 bits per heavy atom. The van der Waals surface area contributed by atoms with E-state index >= 15 is 0 Å². The Morgan fingerprint density at radius 1 is 0.474 bits per heavy atom. The highest BCUT2D eigenvalue weighted by atomic mass is 16.5. The van der Waals surface area contributed by atoms with Gasteiger partial charge in [-0.2, -0.15) is 0 Å². The molecule has 0 aromatic heterocycles. The fraction of sp³-hybridized carbons (Fsp3) is 0.194. The molecule has 2 saturated carbocycles. The minimum absolute atomic E-state index is 0.286. The van der Waals surface area contributed by atoms with E-state index in [9.17, 15) is 4.79 Å². The third kappa shape index (κ3) is 2.60. The zero-order valence-electron chi connectivity index (χ0n) is 21.2. The van der Waals surface area contributed by atoms with Gasteiger partial charge in [-0.05, 0) is 53.5 Å². The molecule has 38 heavy (non-hydrogen) atoms. The number of ether oxygens (including phenoxy) is 1. The molecule has 2 unspecified atom stereocenters. The highest BCUT2D eigenvalue weighted by Gasteiger charge is 2.80. The Balaban J connectivity index is 1.53. The van der Waals surface area contributed by atoms with Crippen molar-refractivity contribution in [3.63, 3.8) is 0 Å². The average molecular weight is 493 g/mol. The second-order valence-electron chi connectivity index (χ2n) is 11.2. The molecular weight excluding hydrogens is 464 g/mol. The molecule has 0 N–H and O–H groups in total. The number of benzene rings is 4. The maximum Gasteiger partial charge on any atom is 0.188 e. The zero-order valence-corrected chi connectivity index (χ0v) is 21.2. The van der Waals surface area contributed by atoms with Crippen molar-refractivity contribution in [3.05, 3.63) is 144 Å². The van der Waals surface area contributed by atoms with E-state index in [0.29, 0.717) is 0 Å². The first-order valence-electron chi connectivity index (χ1n) is 13.7. The van der Waals surface area contributed by atoms with E-state index in [0.717, 1.165) is 53.7 Å². The predicted octanol–water partition coefficient (Wildman–Crippen LogP) is 8.08. The van der Waals surface area contributed by atoms with E-state index in [2.05, 4.69) is 115 Å². The normalized spacial score (nSPS) is 26.5. The molecule has 4 aromatic rings. The van der Waals surface area contributed by atoms with Gasteiger partial charge in [0.05, 0.1) is 10.8 Å². The van der Waals surface area contributed by atoms with Crippen molar-refractivity contribution in [2.75, 3.05) is 0 Å². The lowest BCUT2D eigenvalue weighted by Crippen LogP contribution is -2.66. The van der Waals surface area contributed by atoms with Crippen molar-refractivity contribution in [1.82, 2.24) is 0 Å². The molecule has 0 radical (unpaired) electrons. The molecule has 0 bridgehead atoms. The third-order valence-corrected chi connectivity index (χ3v) is 9.40. The van der Waals surface area contributed by atoms with Crippen LogP contribution in [0.5, 0.6) is 0 Å². The minimum atomic E-state index is -0.872. The van der Waals surface area contributed by atoms with Crippen LogP contribution in [0.15, 0.2) is 121 Å². The second kappa shape index (κ2) is 7.68. The molecule has 2 fully saturated rings. The molecule has 1 heterocycles. The van der Waals surface area contributed by atoms with Crippen LogP contribution in [0.4, 0.5) is 0 Å². The summed E-state index contributed by atoms with van der Waals surface area (Å²) in [6.07, 6.45) is 3.40. The van der Waals surface area contributed by atoms with Crippen LogP contribution in [0.1, 0.15) is 47.9 Å². The van der Waals surface area contributed by atoms with Crippen LogP contribution < -0.4 is 0 Å². The summed E-state index contributed by atoms with van der Waals surface area (Å²) in [6.45, 7) is 0. The van der Waals surface area contributed by atoms with Gasteiger partial charge < -0.3 is 4.74 Å². The quantitative estimate of drug-likeness (QED) is 0.288. The van der Waals surface area contributed by atoms with Crippen LogP contribution in [-0.4, -0.2) is 11.4 Å². The third-order valence-electron chi connectivity index (χ3n) is 9.40. The number of allylic oxidation sites excluding steroid dienone is 1. The number of Topliss-reactive ketones (excluding diaryl/α,β-unsaturated/α-hetero) is 1. The standard InChI is InChI=1S/C36H28O2/c37-33-34(21-22-34)29(25-13-5-1-6-14-25)30(26-15-7-2-8-16-26)35-23-24-36(33,35)38-32(28-19-11-4-12-20-28)31(35)27-17-9-3-10-18-27/h1-20H,21-24H2. The van der Waals surface area contributed by atoms with Gasteiger partial charge in [0.15, 0.2) is 11.4 Å². The number of hydrogen-bond donors (Lipinski definition) is 0. The van der Waals surface area contributed by atoms with Crippen LogP contribution in [-0.2, 0) is 9.53 Å². The van der Waals surface area contributed by atoms with E-state index in [1.807, 2.05) is 6.07 Å². The molecular formula is C36H28O2. The molecule has 2 heteroatoms. The number of rotatable bonds is 4. The molecule has 2 atom stereocenters. The van der Waals surface area contributed by atoms with E-state index in [1.165, 1.54) is 16.7 Å². The van der Waals surface area contributed by atoms with Gasteiger partial charge in [0.1, 0.15) is 5.76 Å². The van der Waals surface area contributed by atoms with E-state index < -0.39 is 16.4 Å². The van der Waals surface area contributed by atoms with Gasteiger partial charge in [-0.15, -0.1) is 0 Å². The van der Waals surface area contributed by atoms with Gasteiger partial charge in [0.25, 0.3) is 0 Å². The maximum absolute atomic E-state index is 14.9. The smallest absolute Gasteiger partial charge is 0.188 e. The number of carbonyl (C=O) groups is 1. The number of ketones is 1. The Labute approximate surface area is 223 Å². The lowest BCUT2D eigenvalue weighted by Gasteiger charge is -2.60. The number of hydrogen-bond acceptors (Lipinski definition) is 2. The molecule has 0 amide bonds. The molecule has 0 saturated heterocycles. The van der Waals surface area contributed by atoms with E-state index in [-0.39, 0.29) is 5.78 Å². The topological polar surface area (TPSA) is 26.3 Å². The molecule has 1 aliphatic heterocycles. The van der Waals surface area contributed by atoms with Crippen LogP contribution in [0.25, 0.3) is 22.5 Å². The largest absolute Gasteiger partial charge is 0.477 e. The summed E-state index contributed by atoms with van der Waals surface area (Å²) < 4.78 is 7.12. The zero-order chi connectivity index (χ0) is 25.4.